The third kappa shape index (κ3) is 3.83. The smallest absolute Gasteiger partial charge is 0.254 e. The summed E-state index contributed by atoms with van der Waals surface area (Å²) in [6, 6.07) is 17.7. The summed E-state index contributed by atoms with van der Waals surface area (Å²) in [5.41, 5.74) is 1.38. The molecule has 1 amide bonds. The Balaban J connectivity index is 1.42. The molecule has 1 aliphatic rings. The lowest BCUT2D eigenvalue weighted by molar-refractivity contribution is -0.917. The molecule has 3 nitrogen and oxygen atoms in total. The first kappa shape index (κ1) is 17.6. The maximum Gasteiger partial charge on any atom is 0.254 e. The molecule has 0 spiro atoms. The van der Waals surface area contributed by atoms with Crippen molar-refractivity contribution < 1.29 is 18.5 Å². The summed E-state index contributed by atoms with van der Waals surface area (Å²) in [6.07, 6.45) is 0. The summed E-state index contributed by atoms with van der Waals surface area (Å²) >= 11 is 0. The quantitative estimate of drug-likeness (QED) is 0.756. The molecule has 1 N–H and O–H groups in total. The molecule has 5 heteroatoms. The summed E-state index contributed by atoms with van der Waals surface area (Å²) in [4.78, 5) is 15.6. The number of hydrogen-bond acceptors (Lipinski definition) is 1. The minimum Gasteiger partial charge on any atom is -0.328 e. The van der Waals surface area contributed by atoms with E-state index in [4.69, 9.17) is 0 Å². The van der Waals surface area contributed by atoms with Gasteiger partial charge in [-0.15, -0.1) is 0 Å². The second kappa shape index (κ2) is 7.45. The molecule has 1 saturated heterocycles. The SMILES string of the molecule is O=C(c1cc(F)cc(F)c1)N1CC[NH+](Cc2cccc3ccccc23)CC1. The molecule has 0 saturated carbocycles. The Morgan fingerprint density at radius 3 is 2.33 bits per heavy atom. The van der Waals surface area contributed by atoms with Crippen LogP contribution in [-0.4, -0.2) is 37.0 Å². The number of quaternary nitrogens is 1. The van der Waals surface area contributed by atoms with Crippen molar-refractivity contribution in [3.63, 3.8) is 0 Å². The minimum atomic E-state index is -0.724. The number of carbonyl (C=O) groups excluding carboxylic acids is 1. The van der Waals surface area contributed by atoms with Crippen LogP contribution in [0.5, 0.6) is 0 Å². The summed E-state index contributed by atoms with van der Waals surface area (Å²) in [5, 5.41) is 2.50. The van der Waals surface area contributed by atoms with E-state index in [1.54, 1.807) is 4.90 Å². The first-order valence-electron chi connectivity index (χ1n) is 9.16. The molecule has 0 bridgehead atoms. The van der Waals surface area contributed by atoms with E-state index < -0.39 is 11.6 Å². The van der Waals surface area contributed by atoms with Gasteiger partial charge in [-0.3, -0.25) is 4.79 Å². The van der Waals surface area contributed by atoms with E-state index in [2.05, 4.69) is 36.4 Å². The van der Waals surface area contributed by atoms with Crippen LogP contribution in [0.1, 0.15) is 15.9 Å². The Morgan fingerprint density at radius 2 is 1.59 bits per heavy atom. The maximum atomic E-state index is 13.4. The van der Waals surface area contributed by atoms with Gasteiger partial charge in [0.1, 0.15) is 18.2 Å². The molecule has 138 valence electrons. The Hall–Kier alpha value is -2.79. The van der Waals surface area contributed by atoms with E-state index in [1.165, 1.54) is 21.2 Å². The molecule has 0 aromatic heterocycles. The molecular weight excluding hydrogens is 346 g/mol. The van der Waals surface area contributed by atoms with E-state index in [0.717, 1.165) is 37.8 Å². The molecule has 3 aromatic rings. The lowest BCUT2D eigenvalue weighted by Crippen LogP contribution is -3.13. The first-order valence-corrected chi connectivity index (χ1v) is 9.16. The second-order valence-electron chi connectivity index (χ2n) is 7.02. The minimum absolute atomic E-state index is 0.0741. The van der Waals surface area contributed by atoms with Crippen molar-refractivity contribution in [3.05, 3.63) is 83.4 Å². The van der Waals surface area contributed by atoms with Crippen LogP contribution in [0, 0.1) is 11.6 Å². The van der Waals surface area contributed by atoms with Gasteiger partial charge in [-0.1, -0.05) is 42.5 Å². The predicted octanol–water partition coefficient (Wildman–Crippen LogP) is 2.66. The number of halogens is 2. The van der Waals surface area contributed by atoms with Gasteiger partial charge < -0.3 is 9.80 Å². The van der Waals surface area contributed by atoms with Crippen LogP contribution in [0.2, 0.25) is 0 Å². The van der Waals surface area contributed by atoms with E-state index in [1.807, 2.05) is 6.07 Å². The summed E-state index contributed by atoms with van der Waals surface area (Å²) in [5.74, 6) is -1.75. The number of amides is 1. The van der Waals surface area contributed by atoms with E-state index in [-0.39, 0.29) is 11.5 Å². The fourth-order valence-corrected chi connectivity index (χ4v) is 3.78. The van der Waals surface area contributed by atoms with Gasteiger partial charge in [0.2, 0.25) is 0 Å². The zero-order valence-corrected chi connectivity index (χ0v) is 14.9. The van der Waals surface area contributed by atoms with Gasteiger partial charge >= 0.3 is 0 Å². The molecule has 1 heterocycles. The van der Waals surface area contributed by atoms with Gasteiger partial charge in [-0.2, -0.15) is 0 Å². The Morgan fingerprint density at radius 1 is 0.926 bits per heavy atom. The second-order valence-corrected chi connectivity index (χ2v) is 7.02. The maximum absolute atomic E-state index is 13.4. The molecule has 0 radical (unpaired) electrons. The lowest BCUT2D eigenvalue weighted by Gasteiger charge is -2.32. The van der Waals surface area contributed by atoms with Crippen LogP contribution in [-0.2, 0) is 6.54 Å². The number of piperazine rings is 1. The zero-order chi connectivity index (χ0) is 18.8. The Kier molecular flexibility index (Phi) is 4.86. The van der Waals surface area contributed by atoms with Crippen molar-refractivity contribution >= 4 is 16.7 Å². The number of nitrogens with one attached hydrogen (secondary N) is 1. The monoisotopic (exact) mass is 367 g/mol. The number of nitrogens with zero attached hydrogens (tertiary/aromatic N) is 1. The van der Waals surface area contributed by atoms with E-state index in [0.29, 0.717) is 13.1 Å². The van der Waals surface area contributed by atoms with Crippen molar-refractivity contribution in [2.45, 2.75) is 6.54 Å². The predicted molar refractivity (Wildman–Crippen MR) is 101 cm³/mol. The molecule has 0 unspecified atom stereocenters. The highest BCUT2D eigenvalue weighted by atomic mass is 19.1. The Bertz CT molecular complexity index is 955. The summed E-state index contributed by atoms with van der Waals surface area (Å²) in [6.45, 7) is 3.69. The average Bonchev–Trinajstić information content (AvgIpc) is 2.68. The highest BCUT2D eigenvalue weighted by Gasteiger charge is 2.25. The number of fused-ring (bicyclic) bond motifs is 1. The molecule has 1 fully saturated rings. The lowest BCUT2D eigenvalue weighted by atomic mass is 10.0. The third-order valence-corrected chi connectivity index (χ3v) is 5.19. The van der Waals surface area contributed by atoms with Crippen LogP contribution in [0.25, 0.3) is 10.8 Å². The number of hydrogen-bond donors (Lipinski definition) is 1. The van der Waals surface area contributed by atoms with Crippen molar-refractivity contribution in [2.24, 2.45) is 0 Å². The highest BCUT2D eigenvalue weighted by molar-refractivity contribution is 5.94. The standard InChI is InChI=1S/C22H20F2N2O/c23-19-12-18(13-20(24)14-19)22(27)26-10-8-25(9-11-26)15-17-6-3-5-16-4-1-2-7-21(16)17/h1-7,12-14H,8-11,15H2/p+1. The number of rotatable bonds is 3. The molecule has 27 heavy (non-hydrogen) atoms. The van der Waals surface area contributed by atoms with Gasteiger partial charge in [-0.25, -0.2) is 8.78 Å². The van der Waals surface area contributed by atoms with E-state index in [9.17, 15) is 13.6 Å². The normalized spacial score (nSPS) is 15.3. The highest BCUT2D eigenvalue weighted by Crippen LogP contribution is 2.18. The van der Waals surface area contributed by atoms with Crippen LogP contribution < -0.4 is 4.90 Å². The van der Waals surface area contributed by atoms with E-state index >= 15 is 0 Å². The fraction of sp³-hybridized carbons (Fsp3) is 0.227. The topological polar surface area (TPSA) is 24.8 Å². The fourth-order valence-electron chi connectivity index (χ4n) is 3.78. The van der Waals surface area contributed by atoms with Crippen LogP contribution in [0.3, 0.4) is 0 Å². The third-order valence-electron chi connectivity index (χ3n) is 5.19. The molecular formula is C22H21F2N2O+. The zero-order valence-electron chi connectivity index (χ0n) is 14.9. The largest absolute Gasteiger partial charge is 0.328 e. The molecule has 0 aliphatic carbocycles. The van der Waals surface area contributed by atoms with Gasteiger partial charge in [0.15, 0.2) is 0 Å². The van der Waals surface area contributed by atoms with Gasteiger partial charge in [0.25, 0.3) is 5.91 Å². The number of carbonyl (C=O) groups is 1. The van der Waals surface area contributed by atoms with Crippen molar-refractivity contribution in [1.82, 2.24) is 4.90 Å². The Labute approximate surface area is 156 Å². The van der Waals surface area contributed by atoms with Gasteiger partial charge in [0, 0.05) is 17.2 Å². The summed E-state index contributed by atoms with van der Waals surface area (Å²) in [7, 11) is 0. The molecule has 4 rings (SSSR count). The van der Waals surface area contributed by atoms with Crippen molar-refractivity contribution in [1.29, 1.82) is 0 Å². The van der Waals surface area contributed by atoms with Gasteiger partial charge in [0.05, 0.1) is 26.2 Å². The average molecular weight is 367 g/mol. The van der Waals surface area contributed by atoms with Crippen LogP contribution in [0.4, 0.5) is 8.78 Å². The molecule has 0 atom stereocenters. The van der Waals surface area contributed by atoms with Gasteiger partial charge in [-0.05, 0) is 22.9 Å². The number of benzene rings is 3. The first-order chi connectivity index (χ1) is 13.1. The van der Waals surface area contributed by atoms with Crippen molar-refractivity contribution in [2.75, 3.05) is 26.2 Å². The van der Waals surface area contributed by atoms with Crippen molar-refractivity contribution in [3.8, 4) is 0 Å². The van der Waals surface area contributed by atoms with Crippen LogP contribution >= 0.6 is 0 Å². The molecule has 1 aliphatic heterocycles. The summed E-state index contributed by atoms with van der Waals surface area (Å²) < 4.78 is 26.7. The van der Waals surface area contributed by atoms with Crippen LogP contribution in [0.15, 0.2) is 60.7 Å². The molecule has 3 aromatic carbocycles.